The predicted octanol–water partition coefficient (Wildman–Crippen LogP) is 3.91. The van der Waals surface area contributed by atoms with Crippen molar-refractivity contribution in [1.29, 1.82) is 5.26 Å². The molecule has 1 heterocycles. The van der Waals surface area contributed by atoms with Crippen LogP contribution in [0.2, 0.25) is 5.02 Å². The average molecular weight is 402 g/mol. The molecule has 2 N–H and O–H groups in total. The van der Waals surface area contributed by atoms with Crippen molar-refractivity contribution in [3.8, 4) is 6.19 Å². The summed E-state index contributed by atoms with van der Waals surface area (Å²) in [6.45, 7) is 6.18. The Balaban J connectivity index is 1.78. The van der Waals surface area contributed by atoms with E-state index in [2.05, 4.69) is 10.6 Å². The van der Waals surface area contributed by atoms with Crippen LogP contribution < -0.4 is 10.6 Å². The lowest BCUT2D eigenvalue weighted by Gasteiger charge is -2.33. The topological polar surface area (TPSA) is 74.8 Å². The van der Waals surface area contributed by atoms with Crippen LogP contribution in [0.15, 0.2) is 42.5 Å². The molecule has 2 aromatic carbocycles. The number of carbonyl (C=O) groups is 1. The summed E-state index contributed by atoms with van der Waals surface area (Å²) in [6, 6.07) is 11.3. The Morgan fingerprint density at radius 1 is 1.25 bits per heavy atom. The summed E-state index contributed by atoms with van der Waals surface area (Å²) in [4.78, 5) is 12.6. The third-order valence-electron chi connectivity index (χ3n) is 4.48. The molecule has 0 aliphatic heterocycles. The molecule has 0 aliphatic rings. The molecule has 3 aromatic rings. The molecular weight excluding hydrogens is 381 g/mol. The van der Waals surface area contributed by atoms with Crippen molar-refractivity contribution in [2.75, 3.05) is 0 Å². The highest BCUT2D eigenvalue weighted by Crippen LogP contribution is 2.23. The smallest absolute Gasteiger partial charge is 0.252 e. The number of benzene rings is 2. The number of carbonyl (C=O) groups excluding carboxylic acids is 1. The third kappa shape index (κ3) is 3.88. The zero-order chi connectivity index (χ0) is 20.5. The van der Waals surface area contributed by atoms with Gasteiger partial charge in [0.1, 0.15) is 5.52 Å². The number of halogens is 2. The normalized spacial score (nSPS) is 12.7. The maximum absolute atomic E-state index is 13.9. The van der Waals surface area contributed by atoms with Crippen molar-refractivity contribution in [1.82, 2.24) is 20.0 Å². The van der Waals surface area contributed by atoms with Crippen LogP contribution in [0, 0.1) is 22.7 Å². The molecule has 8 heteroatoms. The number of nitrogens with zero attached hydrogens (tertiary/aromatic N) is 3. The number of rotatable bonds is 5. The van der Waals surface area contributed by atoms with Crippen molar-refractivity contribution in [2.45, 2.75) is 33.6 Å². The molecule has 0 saturated heterocycles. The van der Waals surface area contributed by atoms with E-state index in [4.69, 9.17) is 11.6 Å². The Morgan fingerprint density at radius 2 is 1.93 bits per heavy atom. The zero-order valence-corrected chi connectivity index (χ0v) is 16.6. The minimum absolute atomic E-state index is 0.229. The number of aromatic nitrogens is 2. The Morgan fingerprint density at radius 3 is 2.54 bits per heavy atom. The summed E-state index contributed by atoms with van der Waals surface area (Å²) in [5, 5.41) is 16.1. The van der Waals surface area contributed by atoms with Gasteiger partial charge in [0.15, 0.2) is 5.82 Å². The molecule has 1 aromatic heterocycles. The van der Waals surface area contributed by atoms with Gasteiger partial charge in [-0.05, 0) is 41.8 Å². The summed E-state index contributed by atoms with van der Waals surface area (Å²) in [5.74, 6) is -0.685. The summed E-state index contributed by atoms with van der Waals surface area (Å²) >= 11 is 5.87. The van der Waals surface area contributed by atoms with Gasteiger partial charge in [-0.2, -0.15) is 9.94 Å². The van der Waals surface area contributed by atoms with E-state index in [1.807, 2.05) is 27.0 Å². The van der Waals surface area contributed by atoms with Crippen molar-refractivity contribution < 1.29 is 9.18 Å². The van der Waals surface area contributed by atoms with Gasteiger partial charge in [-0.15, -0.1) is 0 Å². The SMILES string of the molecule is CC(C)(C)C(NCn1c2cccc(F)c2n1C#N)NC(=O)c1ccc(Cl)cc1. The van der Waals surface area contributed by atoms with Crippen LogP contribution in [0.1, 0.15) is 31.1 Å². The lowest BCUT2D eigenvalue weighted by Crippen LogP contribution is -2.54. The number of hydrogen-bond acceptors (Lipinski definition) is 3. The van der Waals surface area contributed by atoms with Crippen LogP contribution >= 0.6 is 11.6 Å². The summed E-state index contributed by atoms with van der Waals surface area (Å²) in [6.07, 6.45) is 1.57. The highest BCUT2D eigenvalue weighted by atomic mass is 35.5. The predicted molar refractivity (Wildman–Crippen MR) is 106 cm³/mol. The molecule has 6 nitrogen and oxygen atoms in total. The van der Waals surface area contributed by atoms with Gasteiger partial charge in [0, 0.05) is 10.6 Å². The van der Waals surface area contributed by atoms with E-state index >= 15 is 0 Å². The quantitative estimate of drug-likeness (QED) is 0.636. The van der Waals surface area contributed by atoms with Gasteiger partial charge in [0.25, 0.3) is 5.91 Å². The first-order valence-corrected chi connectivity index (χ1v) is 9.16. The van der Waals surface area contributed by atoms with Gasteiger partial charge >= 0.3 is 0 Å². The molecule has 3 rings (SSSR count). The second-order valence-electron chi connectivity index (χ2n) is 7.56. The molecule has 0 radical (unpaired) electrons. The van der Waals surface area contributed by atoms with Crippen LogP contribution in [-0.2, 0) is 6.67 Å². The third-order valence-corrected chi connectivity index (χ3v) is 4.74. The first-order valence-electron chi connectivity index (χ1n) is 8.78. The van der Waals surface area contributed by atoms with Gasteiger partial charge in [-0.25, -0.2) is 4.39 Å². The minimum Gasteiger partial charge on any atom is -0.336 e. The first-order chi connectivity index (χ1) is 13.2. The minimum atomic E-state index is -0.446. The molecule has 146 valence electrons. The lowest BCUT2D eigenvalue weighted by molar-refractivity contribution is 0.0874. The molecule has 0 aliphatic carbocycles. The van der Waals surface area contributed by atoms with Gasteiger partial charge < -0.3 is 5.32 Å². The van der Waals surface area contributed by atoms with Gasteiger partial charge in [0.05, 0.1) is 18.4 Å². The zero-order valence-electron chi connectivity index (χ0n) is 15.8. The van der Waals surface area contributed by atoms with E-state index in [-0.39, 0.29) is 23.5 Å². The number of nitrogens with one attached hydrogen (secondary N) is 2. The van der Waals surface area contributed by atoms with Crippen LogP contribution in [0.5, 0.6) is 0 Å². The van der Waals surface area contributed by atoms with E-state index in [1.54, 1.807) is 41.1 Å². The fourth-order valence-electron chi connectivity index (χ4n) is 2.93. The Bertz CT molecular complexity index is 1040. The van der Waals surface area contributed by atoms with Crippen LogP contribution in [-0.4, -0.2) is 21.4 Å². The fraction of sp³-hybridized carbons (Fsp3) is 0.300. The highest BCUT2D eigenvalue weighted by molar-refractivity contribution is 6.30. The lowest BCUT2D eigenvalue weighted by atomic mass is 9.92. The van der Waals surface area contributed by atoms with E-state index in [0.29, 0.717) is 16.1 Å². The van der Waals surface area contributed by atoms with Gasteiger partial charge in [-0.3, -0.25) is 14.8 Å². The van der Waals surface area contributed by atoms with Crippen LogP contribution in [0.4, 0.5) is 4.39 Å². The van der Waals surface area contributed by atoms with Crippen LogP contribution in [0.25, 0.3) is 11.0 Å². The number of hydrogen-bond donors (Lipinski definition) is 2. The highest BCUT2D eigenvalue weighted by Gasteiger charge is 2.27. The summed E-state index contributed by atoms with van der Waals surface area (Å²) in [7, 11) is 0. The maximum Gasteiger partial charge on any atom is 0.252 e. The van der Waals surface area contributed by atoms with Crippen molar-refractivity contribution in [2.24, 2.45) is 5.41 Å². The average Bonchev–Trinajstić information content (AvgIpc) is 2.62. The molecule has 0 saturated carbocycles. The fourth-order valence-corrected chi connectivity index (χ4v) is 3.06. The van der Waals surface area contributed by atoms with E-state index in [1.165, 1.54) is 10.7 Å². The molecule has 1 unspecified atom stereocenters. The van der Waals surface area contributed by atoms with E-state index in [0.717, 1.165) is 0 Å². The number of para-hydroxylation sites is 1. The van der Waals surface area contributed by atoms with Crippen molar-refractivity contribution in [3.63, 3.8) is 0 Å². The van der Waals surface area contributed by atoms with E-state index in [9.17, 15) is 14.4 Å². The standard InChI is InChI=1S/C20H21ClFN5O/c1-20(2,3)19(25-18(28)13-7-9-14(21)10-8-13)24-12-27-16-6-4-5-15(22)17(16)26(27)11-23/h4-10,19,24H,12H2,1-3H3,(H,25,28). The molecule has 1 amide bonds. The van der Waals surface area contributed by atoms with E-state index < -0.39 is 12.0 Å². The number of amides is 1. The summed E-state index contributed by atoms with van der Waals surface area (Å²) in [5.41, 5.74) is 1.06. The molecule has 0 spiro atoms. The Kier molecular flexibility index (Phi) is 5.45. The largest absolute Gasteiger partial charge is 0.336 e. The maximum atomic E-state index is 13.9. The Labute approximate surface area is 167 Å². The molecule has 0 bridgehead atoms. The van der Waals surface area contributed by atoms with Crippen molar-refractivity contribution >= 4 is 28.5 Å². The Hall–Kier alpha value is -2.82. The first kappa shape index (κ1) is 19.9. The monoisotopic (exact) mass is 401 g/mol. The van der Waals surface area contributed by atoms with Gasteiger partial charge in [-0.1, -0.05) is 38.4 Å². The van der Waals surface area contributed by atoms with Crippen LogP contribution in [0.3, 0.4) is 0 Å². The number of fused-ring (bicyclic) bond motifs is 1. The van der Waals surface area contributed by atoms with Crippen molar-refractivity contribution in [3.05, 3.63) is 58.9 Å². The molecule has 28 heavy (non-hydrogen) atoms. The second-order valence-corrected chi connectivity index (χ2v) is 8.00. The molecular formula is C20H21ClFN5O. The summed E-state index contributed by atoms with van der Waals surface area (Å²) < 4.78 is 16.7. The van der Waals surface area contributed by atoms with Gasteiger partial charge in [0.2, 0.25) is 6.19 Å². The molecule has 0 fully saturated rings. The molecule has 1 atom stereocenters. The number of nitriles is 1. The second kappa shape index (κ2) is 7.66.